The van der Waals surface area contributed by atoms with Crippen molar-refractivity contribution in [2.24, 2.45) is 5.92 Å². The maximum atomic E-state index is 11.7. The van der Waals surface area contributed by atoms with E-state index >= 15 is 0 Å². The first-order chi connectivity index (χ1) is 6.68. The lowest BCUT2D eigenvalue weighted by Crippen LogP contribution is -2.34. The van der Waals surface area contributed by atoms with Gasteiger partial charge in [-0.3, -0.25) is 0 Å². The van der Waals surface area contributed by atoms with Crippen molar-refractivity contribution in [3.8, 4) is 0 Å². The summed E-state index contributed by atoms with van der Waals surface area (Å²) < 4.78 is 0. The summed E-state index contributed by atoms with van der Waals surface area (Å²) in [5.74, 6) is 0.664. The Labute approximate surface area is 85.2 Å². The molecule has 2 fully saturated rings. The fraction of sp³-hybridized carbons (Fsp3) is 0.900. The van der Waals surface area contributed by atoms with Crippen LogP contribution in [0.1, 0.15) is 13.3 Å². The van der Waals surface area contributed by atoms with E-state index in [9.17, 15) is 4.79 Å². The van der Waals surface area contributed by atoms with Crippen LogP contribution in [0.5, 0.6) is 0 Å². The third kappa shape index (κ3) is 1.71. The average Bonchev–Trinajstić information content (AvgIpc) is 2.73. The van der Waals surface area contributed by atoms with Gasteiger partial charge in [-0.25, -0.2) is 4.79 Å². The average molecular weight is 197 g/mol. The monoisotopic (exact) mass is 197 g/mol. The summed E-state index contributed by atoms with van der Waals surface area (Å²) >= 11 is 0. The summed E-state index contributed by atoms with van der Waals surface area (Å²) in [4.78, 5) is 15.6. The van der Waals surface area contributed by atoms with E-state index in [1.807, 2.05) is 16.8 Å². The molecule has 4 heteroatoms. The lowest BCUT2D eigenvalue weighted by molar-refractivity contribution is 0.191. The number of nitrogens with one attached hydrogen (secondary N) is 1. The number of carbonyl (C=O) groups is 1. The SMILES string of the molecule is CC1CN(CC2CCNC2)C(=O)N1C. The molecular weight excluding hydrogens is 178 g/mol. The van der Waals surface area contributed by atoms with E-state index in [1.54, 1.807) is 0 Å². The van der Waals surface area contributed by atoms with E-state index in [0.29, 0.717) is 12.0 Å². The van der Waals surface area contributed by atoms with E-state index in [0.717, 1.165) is 26.2 Å². The minimum Gasteiger partial charge on any atom is -0.323 e. The Balaban J connectivity index is 1.89. The zero-order chi connectivity index (χ0) is 10.1. The molecule has 2 atom stereocenters. The summed E-state index contributed by atoms with van der Waals surface area (Å²) in [6, 6.07) is 0.571. The van der Waals surface area contributed by atoms with Gasteiger partial charge in [0.25, 0.3) is 0 Å². The zero-order valence-electron chi connectivity index (χ0n) is 8.99. The second kappa shape index (κ2) is 3.77. The van der Waals surface area contributed by atoms with Gasteiger partial charge in [0.1, 0.15) is 0 Å². The molecule has 0 aromatic heterocycles. The molecule has 0 saturated carbocycles. The molecule has 0 spiro atoms. The normalized spacial score (nSPS) is 33.1. The van der Waals surface area contributed by atoms with Crippen molar-refractivity contribution in [2.75, 3.05) is 33.2 Å². The van der Waals surface area contributed by atoms with Crippen LogP contribution in [0.2, 0.25) is 0 Å². The Morgan fingerprint density at radius 1 is 1.57 bits per heavy atom. The number of hydrogen-bond acceptors (Lipinski definition) is 2. The summed E-state index contributed by atoms with van der Waals surface area (Å²) in [6.07, 6.45) is 1.21. The second-order valence-corrected chi connectivity index (χ2v) is 4.51. The molecule has 0 aliphatic carbocycles. The van der Waals surface area contributed by atoms with Crippen molar-refractivity contribution in [3.63, 3.8) is 0 Å². The van der Waals surface area contributed by atoms with E-state index in [4.69, 9.17) is 0 Å². The molecule has 4 nitrogen and oxygen atoms in total. The van der Waals surface area contributed by atoms with Crippen LogP contribution in [-0.4, -0.2) is 55.1 Å². The van der Waals surface area contributed by atoms with E-state index in [1.165, 1.54) is 6.42 Å². The van der Waals surface area contributed by atoms with Gasteiger partial charge in [0.2, 0.25) is 0 Å². The fourth-order valence-electron chi connectivity index (χ4n) is 2.27. The van der Waals surface area contributed by atoms with Crippen molar-refractivity contribution in [2.45, 2.75) is 19.4 Å². The van der Waals surface area contributed by atoms with Crippen LogP contribution in [0.25, 0.3) is 0 Å². The minimum atomic E-state index is 0.199. The standard InChI is InChI=1S/C10H19N3O/c1-8-6-13(10(14)12(8)2)7-9-3-4-11-5-9/h8-9,11H,3-7H2,1-2H3. The van der Waals surface area contributed by atoms with Crippen LogP contribution in [0.4, 0.5) is 4.79 Å². The van der Waals surface area contributed by atoms with Gasteiger partial charge in [-0.1, -0.05) is 0 Å². The Bertz CT molecular complexity index is 225. The van der Waals surface area contributed by atoms with Gasteiger partial charge in [0.05, 0.1) is 0 Å². The molecule has 2 rings (SSSR count). The van der Waals surface area contributed by atoms with Crippen molar-refractivity contribution >= 4 is 6.03 Å². The molecule has 1 N–H and O–H groups in total. The first-order valence-corrected chi connectivity index (χ1v) is 5.41. The lowest BCUT2D eigenvalue weighted by atomic mass is 10.1. The van der Waals surface area contributed by atoms with Crippen LogP contribution in [0.3, 0.4) is 0 Å². The number of urea groups is 1. The largest absolute Gasteiger partial charge is 0.323 e. The molecule has 0 radical (unpaired) electrons. The molecule has 2 saturated heterocycles. The summed E-state index contributed by atoms with van der Waals surface area (Å²) in [6.45, 7) is 6.11. The molecule has 80 valence electrons. The lowest BCUT2D eigenvalue weighted by Gasteiger charge is -2.19. The molecule has 2 aliphatic rings. The maximum Gasteiger partial charge on any atom is 0.320 e. The number of nitrogens with zero attached hydrogens (tertiary/aromatic N) is 2. The molecule has 0 bridgehead atoms. The van der Waals surface area contributed by atoms with Crippen LogP contribution >= 0.6 is 0 Å². The Morgan fingerprint density at radius 3 is 2.86 bits per heavy atom. The number of hydrogen-bond donors (Lipinski definition) is 1. The first-order valence-electron chi connectivity index (χ1n) is 5.41. The Kier molecular flexibility index (Phi) is 2.63. The van der Waals surface area contributed by atoms with Crippen LogP contribution in [0, 0.1) is 5.92 Å². The summed E-state index contributed by atoms with van der Waals surface area (Å²) in [5, 5.41) is 3.33. The van der Waals surface area contributed by atoms with Gasteiger partial charge in [-0.2, -0.15) is 0 Å². The molecule has 0 aromatic rings. The highest BCUT2D eigenvalue weighted by atomic mass is 16.2. The van der Waals surface area contributed by atoms with Crippen molar-refractivity contribution in [1.82, 2.24) is 15.1 Å². The Morgan fingerprint density at radius 2 is 2.36 bits per heavy atom. The molecule has 2 unspecified atom stereocenters. The fourth-order valence-corrected chi connectivity index (χ4v) is 2.27. The predicted octanol–water partition coefficient (Wildman–Crippen LogP) is 0.352. The van der Waals surface area contributed by atoms with Gasteiger partial charge < -0.3 is 15.1 Å². The second-order valence-electron chi connectivity index (χ2n) is 4.51. The van der Waals surface area contributed by atoms with E-state index < -0.39 is 0 Å². The van der Waals surface area contributed by atoms with Gasteiger partial charge >= 0.3 is 6.03 Å². The third-order valence-electron chi connectivity index (χ3n) is 3.36. The molecule has 2 aliphatic heterocycles. The van der Waals surface area contributed by atoms with Crippen LogP contribution < -0.4 is 5.32 Å². The highest BCUT2D eigenvalue weighted by Crippen LogP contribution is 2.17. The Hall–Kier alpha value is -0.770. The van der Waals surface area contributed by atoms with Crippen LogP contribution in [0.15, 0.2) is 0 Å². The maximum absolute atomic E-state index is 11.7. The zero-order valence-corrected chi connectivity index (χ0v) is 8.99. The number of carbonyl (C=O) groups excluding carboxylic acids is 1. The summed E-state index contributed by atoms with van der Waals surface area (Å²) in [7, 11) is 1.89. The van der Waals surface area contributed by atoms with E-state index in [2.05, 4.69) is 12.2 Å². The van der Waals surface area contributed by atoms with Gasteiger partial charge in [-0.15, -0.1) is 0 Å². The van der Waals surface area contributed by atoms with Crippen LogP contribution in [-0.2, 0) is 0 Å². The van der Waals surface area contributed by atoms with Crippen molar-refractivity contribution in [1.29, 1.82) is 0 Å². The third-order valence-corrected chi connectivity index (χ3v) is 3.36. The quantitative estimate of drug-likeness (QED) is 0.693. The van der Waals surface area contributed by atoms with Crippen molar-refractivity contribution in [3.05, 3.63) is 0 Å². The molecular formula is C10H19N3O. The predicted molar refractivity (Wildman–Crippen MR) is 55.2 cm³/mol. The number of likely N-dealkylation sites (N-methyl/N-ethyl adjacent to an activating group) is 1. The van der Waals surface area contributed by atoms with Crippen molar-refractivity contribution < 1.29 is 4.79 Å². The topological polar surface area (TPSA) is 35.6 Å². The highest BCUT2D eigenvalue weighted by molar-refractivity contribution is 5.76. The highest BCUT2D eigenvalue weighted by Gasteiger charge is 2.33. The first kappa shape index (κ1) is 9.77. The van der Waals surface area contributed by atoms with Gasteiger partial charge in [-0.05, 0) is 32.4 Å². The van der Waals surface area contributed by atoms with E-state index in [-0.39, 0.29) is 6.03 Å². The van der Waals surface area contributed by atoms with Gasteiger partial charge in [0.15, 0.2) is 0 Å². The minimum absolute atomic E-state index is 0.199. The molecule has 2 heterocycles. The molecule has 14 heavy (non-hydrogen) atoms. The molecule has 0 aromatic carbocycles. The smallest absolute Gasteiger partial charge is 0.320 e. The molecule has 2 amide bonds. The number of amides is 2. The number of rotatable bonds is 2. The summed E-state index contributed by atoms with van der Waals surface area (Å²) in [5.41, 5.74) is 0. The van der Waals surface area contributed by atoms with Gasteiger partial charge in [0, 0.05) is 26.2 Å².